The quantitative estimate of drug-likeness (QED) is 0.756. The molecule has 0 spiro atoms. The van der Waals surface area contributed by atoms with Crippen LogP contribution in [0.2, 0.25) is 0 Å². The van der Waals surface area contributed by atoms with Crippen molar-refractivity contribution in [3.8, 4) is 0 Å². The summed E-state index contributed by atoms with van der Waals surface area (Å²) in [6.07, 6.45) is 3.74. The van der Waals surface area contributed by atoms with E-state index >= 15 is 0 Å². The van der Waals surface area contributed by atoms with Crippen LogP contribution in [-0.4, -0.2) is 42.2 Å². The molecule has 1 amide bonds. The summed E-state index contributed by atoms with van der Waals surface area (Å²) in [4.78, 5) is 14.4. The Balaban J connectivity index is 1.92. The zero-order valence-electron chi connectivity index (χ0n) is 10.7. The standard InChI is InChI=1S/C13H24N2O2/c1-10-6-13(7-10,9-14)12(17)15-4-2-11(8-15)3-5-16/h10-11,16H,2-9,14H2,1H3. The Kier molecular flexibility index (Phi) is 3.73. The topological polar surface area (TPSA) is 66.6 Å². The summed E-state index contributed by atoms with van der Waals surface area (Å²) in [6, 6.07) is 0. The fraction of sp³-hybridized carbons (Fsp3) is 0.923. The Labute approximate surface area is 103 Å². The predicted molar refractivity (Wildman–Crippen MR) is 66.3 cm³/mol. The van der Waals surface area contributed by atoms with E-state index in [1.165, 1.54) is 0 Å². The van der Waals surface area contributed by atoms with Gasteiger partial charge in [0.15, 0.2) is 0 Å². The molecule has 3 N–H and O–H groups in total. The zero-order valence-corrected chi connectivity index (χ0v) is 10.7. The molecule has 0 aromatic heterocycles. The van der Waals surface area contributed by atoms with E-state index in [-0.39, 0.29) is 17.9 Å². The lowest BCUT2D eigenvalue weighted by Crippen LogP contribution is -2.54. The van der Waals surface area contributed by atoms with Crippen LogP contribution in [0.4, 0.5) is 0 Å². The second-order valence-corrected chi connectivity index (χ2v) is 5.92. The lowest BCUT2D eigenvalue weighted by Gasteiger charge is -2.46. The van der Waals surface area contributed by atoms with Gasteiger partial charge in [-0.3, -0.25) is 4.79 Å². The summed E-state index contributed by atoms with van der Waals surface area (Å²) < 4.78 is 0. The van der Waals surface area contributed by atoms with Gasteiger partial charge >= 0.3 is 0 Å². The number of hydrogen-bond acceptors (Lipinski definition) is 3. The molecule has 1 saturated heterocycles. The third-order valence-corrected chi connectivity index (χ3v) is 4.43. The van der Waals surface area contributed by atoms with Crippen LogP contribution in [0.3, 0.4) is 0 Å². The number of carbonyl (C=O) groups excluding carboxylic acids is 1. The van der Waals surface area contributed by atoms with Crippen LogP contribution in [0, 0.1) is 17.3 Å². The van der Waals surface area contributed by atoms with Crippen LogP contribution < -0.4 is 5.73 Å². The summed E-state index contributed by atoms with van der Waals surface area (Å²) in [5, 5.41) is 8.93. The number of nitrogens with zero attached hydrogens (tertiary/aromatic N) is 1. The Morgan fingerprint density at radius 1 is 1.53 bits per heavy atom. The molecule has 4 heteroatoms. The second-order valence-electron chi connectivity index (χ2n) is 5.92. The highest BCUT2D eigenvalue weighted by Gasteiger charge is 2.49. The monoisotopic (exact) mass is 240 g/mol. The Morgan fingerprint density at radius 2 is 2.24 bits per heavy atom. The van der Waals surface area contributed by atoms with Crippen LogP contribution in [-0.2, 0) is 4.79 Å². The molecule has 0 aromatic rings. The first-order chi connectivity index (χ1) is 8.11. The SMILES string of the molecule is CC1CC(CN)(C(=O)N2CCC(CCO)C2)C1. The van der Waals surface area contributed by atoms with Gasteiger partial charge in [0.2, 0.25) is 5.91 Å². The largest absolute Gasteiger partial charge is 0.396 e. The summed E-state index contributed by atoms with van der Waals surface area (Å²) in [7, 11) is 0. The van der Waals surface area contributed by atoms with Crippen molar-refractivity contribution in [2.24, 2.45) is 23.0 Å². The van der Waals surface area contributed by atoms with E-state index < -0.39 is 0 Å². The van der Waals surface area contributed by atoms with Crippen molar-refractivity contribution in [3.05, 3.63) is 0 Å². The van der Waals surface area contributed by atoms with Gasteiger partial charge in [0.05, 0.1) is 5.41 Å². The summed E-state index contributed by atoms with van der Waals surface area (Å²) in [5.41, 5.74) is 5.55. The fourth-order valence-corrected chi connectivity index (χ4v) is 3.47. The maximum atomic E-state index is 12.5. The lowest BCUT2D eigenvalue weighted by molar-refractivity contribution is -0.148. The van der Waals surface area contributed by atoms with Gasteiger partial charge in [-0.1, -0.05) is 6.92 Å². The van der Waals surface area contributed by atoms with Crippen molar-refractivity contribution in [2.75, 3.05) is 26.2 Å². The van der Waals surface area contributed by atoms with E-state index in [9.17, 15) is 4.79 Å². The predicted octanol–water partition coefficient (Wildman–Crippen LogP) is 0.592. The summed E-state index contributed by atoms with van der Waals surface area (Å²) >= 11 is 0. The molecule has 1 aliphatic heterocycles. The molecule has 0 aromatic carbocycles. The van der Waals surface area contributed by atoms with Crippen LogP contribution in [0.15, 0.2) is 0 Å². The van der Waals surface area contributed by atoms with Crippen LogP contribution in [0.5, 0.6) is 0 Å². The van der Waals surface area contributed by atoms with Crippen molar-refractivity contribution in [1.82, 2.24) is 4.90 Å². The normalized spacial score (nSPS) is 37.0. The third kappa shape index (κ3) is 2.33. The molecule has 4 nitrogen and oxygen atoms in total. The maximum absolute atomic E-state index is 12.5. The van der Waals surface area contributed by atoms with Gasteiger partial charge < -0.3 is 15.7 Å². The minimum Gasteiger partial charge on any atom is -0.396 e. The van der Waals surface area contributed by atoms with Gasteiger partial charge in [0, 0.05) is 26.2 Å². The molecule has 1 aliphatic carbocycles. The molecule has 1 heterocycles. The number of aliphatic hydroxyl groups excluding tert-OH is 1. The highest BCUT2D eigenvalue weighted by molar-refractivity contribution is 5.84. The van der Waals surface area contributed by atoms with Crippen LogP contribution >= 0.6 is 0 Å². The molecule has 2 fully saturated rings. The molecule has 0 bridgehead atoms. The number of carbonyl (C=O) groups is 1. The summed E-state index contributed by atoms with van der Waals surface area (Å²) in [6.45, 7) is 4.55. The maximum Gasteiger partial charge on any atom is 0.230 e. The molecule has 0 radical (unpaired) electrons. The van der Waals surface area contributed by atoms with E-state index in [2.05, 4.69) is 6.92 Å². The minimum absolute atomic E-state index is 0.228. The molecule has 1 atom stereocenters. The van der Waals surface area contributed by atoms with Gasteiger partial charge in [-0.2, -0.15) is 0 Å². The molecule has 98 valence electrons. The number of rotatable bonds is 4. The highest BCUT2D eigenvalue weighted by atomic mass is 16.3. The van der Waals surface area contributed by atoms with Gasteiger partial charge in [0.25, 0.3) is 0 Å². The smallest absolute Gasteiger partial charge is 0.230 e. The van der Waals surface area contributed by atoms with Crippen molar-refractivity contribution in [2.45, 2.75) is 32.6 Å². The molecule has 1 saturated carbocycles. The Bertz CT molecular complexity index is 287. The molecule has 2 aliphatic rings. The first-order valence-electron chi connectivity index (χ1n) is 6.71. The number of likely N-dealkylation sites (tertiary alicyclic amines) is 1. The Morgan fingerprint density at radius 3 is 2.76 bits per heavy atom. The summed E-state index contributed by atoms with van der Waals surface area (Å²) in [5.74, 6) is 1.38. The number of nitrogens with two attached hydrogens (primary N) is 1. The van der Waals surface area contributed by atoms with Crippen molar-refractivity contribution in [3.63, 3.8) is 0 Å². The highest BCUT2D eigenvalue weighted by Crippen LogP contribution is 2.46. The zero-order chi connectivity index (χ0) is 12.5. The van der Waals surface area contributed by atoms with Crippen molar-refractivity contribution < 1.29 is 9.90 Å². The fourth-order valence-electron chi connectivity index (χ4n) is 3.47. The molecule has 1 unspecified atom stereocenters. The molecule has 2 rings (SSSR count). The third-order valence-electron chi connectivity index (χ3n) is 4.43. The molecule has 17 heavy (non-hydrogen) atoms. The van der Waals surface area contributed by atoms with Gasteiger partial charge in [0.1, 0.15) is 0 Å². The van der Waals surface area contributed by atoms with E-state index in [0.717, 1.165) is 38.8 Å². The Hall–Kier alpha value is -0.610. The molecular formula is C13H24N2O2. The van der Waals surface area contributed by atoms with Gasteiger partial charge in [-0.25, -0.2) is 0 Å². The number of hydrogen-bond donors (Lipinski definition) is 2. The first-order valence-corrected chi connectivity index (χ1v) is 6.71. The van der Waals surface area contributed by atoms with Gasteiger partial charge in [-0.15, -0.1) is 0 Å². The van der Waals surface area contributed by atoms with Crippen molar-refractivity contribution in [1.29, 1.82) is 0 Å². The number of aliphatic hydroxyl groups is 1. The van der Waals surface area contributed by atoms with Crippen molar-refractivity contribution >= 4 is 5.91 Å². The number of amides is 1. The lowest BCUT2D eigenvalue weighted by atomic mass is 9.62. The van der Waals surface area contributed by atoms with E-state index in [4.69, 9.17) is 10.8 Å². The van der Waals surface area contributed by atoms with Gasteiger partial charge in [-0.05, 0) is 37.5 Å². The average Bonchev–Trinajstić information content (AvgIpc) is 2.72. The minimum atomic E-state index is -0.256. The average molecular weight is 240 g/mol. The molecular weight excluding hydrogens is 216 g/mol. The van der Waals surface area contributed by atoms with E-state index in [1.54, 1.807) is 0 Å². The van der Waals surface area contributed by atoms with E-state index in [1.807, 2.05) is 4.90 Å². The van der Waals surface area contributed by atoms with Crippen LogP contribution in [0.25, 0.3) is 0 Å². The van der Waals surface area contributed by atoms with E-state index in [0.29, 0.717) is 18.4 Å². The first kappa shape index (κ1) is 12.8. The van der Waals surface area contributed by atoms with Crippen LogP contribution in [0.1, 0.15) is 32.6 Å². The second kappa shape index (κ2) is 4.94.